The highest BCUT2D eigenvalue weighted by molar-refractivity contribution is 5.91. The summed E-state index contributed by atoms with van der Waals surface area (Å²) in [5, 5.41) is 109. The number of carbonyl (C=O) groups excluding carboxylic acids is 2. The van der Waals surface area contributed by atoms with E-state index in [0.717, 1.165) is 5.57 Å². The molecule has 0 amide bonds. The second-order valence-corrected chi connectivity index (χ2v) is 22.7. The van der Waals surface area contributed by atoms with Crippen molar-refractivity contribution in [3.8, 4) is 0 Å². The van der Waals surface area contributed by atoms with E-state index in [9.17, 15) is 55.9 Å². The Bertz CT molecular complexity index is 1870. The molecule has 19 heteroatoms. The highest BCUT2D eigenvalue weighted by Crippen LogP contribution is 2.75. The normalized spacial score (nSPS) is 54.1. The number of ketones is 2. The Morgan fingerprint density at radius 1 is 0.742 bits per heavy atom. The molecule has 4 aliphatic heterocycles. The molecule has 3 saturated carbocycles. The third kappa shape index (κ3) is 7.65. The summed E-state index contributed by atoms with van der Waals surface area (Å²) in [6.07, 6.45) is -19.9. The van der Waals surface area contributed by atoms with Crippen LogP contribution in [0.3, 0.4) is 0 Å². The lowest BCUT2D eigenvalue weighted by Gasteiger charge is -2.65. The molecule has 4 aliphatic carbocycles. The molecule has 0 unspecified atom stereocenters. The molecule has 376 valence electrons. The van der Waals surface area contributed by atoms with Gasteiger partial charge in [0.25, 0.3) is 0 Å². The van der Waals surface area contributed by atoms with Gasteiger partial charge >= 0.3 is 0 Å². The van der Waals surface area contributed by atoms with Crippen molar-refractivity contribution in [2.24, 2.45) is 39.4 Å². The molecular weight excluding hydrogens is 868 g/mol. The van der Waals surface area contributed by atoms with Crippen LogP contribution in [0.15, 0.2) is 11.6 Å². The molecule has 66 heavy (non-hydrogen) atoms. The average Bonchev–Trinajstić information content (AvgIpc) is 3.66. The molecule has 24 atom stereocenters. The van der Waals surface area contributed by atoms with Crippen molar-refractivity contribution in [2.45, 2.75) is 216 Å². The number of aliphatic hydroxyl groups is 10. The number of rotatable bonds is 9. The average molecular weight is 943 g/mol. The first-order chi connectivity index (χ1) is 30.6. The van der Waals surface area contributed by atoms with Gasteiger partial charge in [-0.2, -0.15) is 0 Å². The Hall–Kier alpha value is -1.60. The second kappa shape index (κ2) is 17.3. The summed E-state index contributed by atoms with van der Waals surface area (Å²) in [5.41, 5.74) is -4.55. The van der Waals surface area contributed by atoms with E-state index in [1.165, 1.54) is 6.92 Å². The topological polar surface area (TPSA) is 301 Å². The largest absolute Gasteiger partial charge is 0.394 e. The highest BCUT2D eigenvalue weighted by Gasteiger charge is 2.76. The molecule has 0 spiro atoms. The zero-order chi connectivity index (χ0) is 48.6. The molecule has 0 aromatic carbocycles. The molecule has 0 aromatic heterocycles. The number of allylic oxidation sites excluding steroid dienone is 1. The lowest BCUT2D eigenvalue weighted by Crippen LogP contribution is -2.66. The molecule has 0 bridgehead atoms. The van der Waals surface area contributed by atoms with Gasteiger partial charge in [0.05, 0.1) is 43.2 Å². The summed E-state index contributed by atoms with van der Waals surface area (Å²) in [6, 6.07) is 0. The number of hydrogen-bond acceptors (Lipinski definition) is 19. The smallest absolute Gasteiger partial charge is 0.187 e. The molecule has 8 aliphatic rings. The molecule has 8 rings (SSSR count). The van der Waals surface area contributed by atoms with Crippen LogP contribution in [-0.4, -0.2) is 191 Å². The van der Waals surface area contributed by atoms with Gasteiger partial charge in [-0.1, -0.05) is 46.3 Å². The van der Waals surface area contributed by atoms with Gasteiger partial charge in [0.1, 0.15) is 72.4 Å². The fraction of sp³-hybridized carbons (Fsp3) is 0.915. The van der Waals surface area contributed by atoms with Crippen LogP contribution in [0.1, 0.15) is 101 Å². The van der Waals surface area contributed by atoms with Gasteiger partial charge in [0, 0.05) is 29.6 Å². The minimum Gasteiger partial charge on any atom is -0.394 e. The Labute approximate surface area is 385 Å². The van der Waals surface area contributed by atoms with Crippen LogP contribution in [0.25, 0.3) is 0 Å². The Morgan fingerprint density at radius 3 is 2.05 bits per heavy atom. The van der Waals surface area contributed by atoms with Crippen LogP contribution in [-0.2, 0) is 42.7 Å². The minimum atomic E-state index is -1.83. The predicted molar refractivity (Wildman–Crippen MR) is 226 cm³/mol. The number of carbonyl (C=O) groups is 2. The lowest BCUT2D eigenvalue weighted by atomic mass is 9.38. The Balaban J connectivity index is 1.00. The van der Waals surface area contributed by atoms with Crippen LogP contribution in [0.4, 0.5) is 0 Å². The van der Waals surface area contributed by atoms with Crippen molar-refractivity contribution >= 4 is 11.6 Å². The van der Waals surface area contributed by atoms with Crippen LogP contribution in [0.2, 0.25) is 0 Å². The van der Waals surface area contributed by atoms with Crippen molar-refractivity contribution < 1.29 is 93.8 Å². The van der Waals surface area contributed by atoms with Crippen molar-refractivity contribution in [3.63, 3.8) is 0 Å². The summed E-state index contributed by atoms with van der Waals surface area (Å²) >= 11 is 0. The fourth-order valence-corrected chi connectivity index (χ4v) is 14.1. The van der Waals surface area contributed by atoms with Gasteiger partial charge in [-0.15, -0.1) is 0 Å². The molecule has 0 aromatic rings. The van der Waals surface area contributed by atoms with E-state index in [0.29, 0.717) is 25.7 Å². The molecule has 0 radical (unpaired) electrons. The molecule has 7 fully saturated rings. The number of ether oxygens (including phenoxy) is 7. The molecule has 10 N–H and O–H groups in total. The number of Topliss-reactive ketones (excluding diaryl/α,β-unsaturated/α-hetero) is 2. The maximum absolute atomic E-state index is 15.0. The van der Waals surface area contributed by atoms with Crippen LogP contribution >= 0.6 is 0 Å². The number of hydrogen-bond donors (Lipinski definition) is 10. The zero-order valence-electron chi connectivity index (χ0n) is 39.4. The van der Waals surface area contributed by atoms with Crippen molar-refractivity contribution in [3.05, 3.63) is 11.6 Å². The first kappa shape index (κ1) is 50.8. The summed E-state index contributed by atoms with van der Waals surface area (Å²) in [7, 11) is 0. The monoisotopic (exact) mass is 942 g/mol. The third-order valence-electron chi connectivity index (χ3n) is 18.2. The predicted octanol–water partition coefficient (Wildman–Crippen LogP) is -0.871. The fourth-order valence-electron chi connectivity index (χ4n) is 14.1. The summed E-state index contributed by atoms with van der Waals surface area (Å²) in [5.74, 6) is -1.17. The molecular formula is C47H74O19. The number of aliphatic hydroxyl groups excluding tert-OH is 9. The first-order valence-electron chi connectivity index (χ1n) is 23.7. The quantitative estimate of drug-likeness (QED) is 0.126. The van der Waals surface area contributed by atoms with Crippen LogP contribution in [0.5, 0.6) is 0 Å². The van der Waals surface area contributed by atoms with Crippen molar-refractivity contribution in [2.75, 3.05) is 13.2 Å². The van der Waals surface area contributed by atoms with Crippen molar-refractivity contribution in [1.29, 1.82) is 0 Å². The first-order valence-corrected chi connectivity index (χ1v) is 23.7. The Morgan fingerprint density at radius 2 is 1.41 bits per heavy atom. The maximum atomic E-state index is 15.0. The second-order valence-electron chi connectivity index (χ2n) is 22.7. The van der Waals surface area contributed by atoms with E-state index in [4.69, 9.17) is 33.2 Å². The van der Waals surface area contributed by atoms with E-state index in [-0.39, 0.29) is 42.9 Å². The summed E-state index contributed by atoms with van der Waals surface area (Å²) in [4.78, 5) is 28.8. The summed E-state index contributed by atoms with van der Waals surface area (Å²) < 4.78 is 42.2. The van der Waals surface area contributed by atoms with Gasteiger partial charge in [0.15, 0.2) is 24.7 Å². The van der Waals surface area contributed by atoms with Gasteiger partial charge in [0.2, 0.25) is 0 Å². The van der Waals surface area contributed by atoms with Gasteiger partial charge in [-0.3, -0.25) is 9.59 Å². The van der Waals surface area contributed by atoms with E-state index >= 15 is 4.79 Å². The SMILES string of the molecule is C[C@@H]1O[C@@H](O[C@H]2[C@H](O[C@@H]3[C@@H](O)[C@H](O[C@@H]4CC[C@@H]5C(=CC[C@@H]6[C@@]5(C)C(=O)C[C@]5(C)[C@@H]([C@]7(C)O[C@H](C(C)(C)O)CC7=O)[C@H](O)C[C@@]65C)C4(C)C)OC[C@H]3O)O[C@H](CO)[C@@H](O)[C@@H]2O)[C@H](O)[C@H](O)[C@H]1O. The van der Waals surface area contributed by atoms with Crippen LogP contribution < -0.4 is 0 Å². The molecule has 4 heterocycles. The molecule has 4 saturated heterocycles. The summed E-state index contributed by atoms with van der Waals surface area (Å²) in [6.45, 7) is 15.5. The zero-order valence-corrected chi connectivity index (χ0v) is 39.4. The maximum Gasteiger partial charge on any atom is 0.187 e. The van der Waals surface area contributed by atoms with Crippen LogP contribution in [0, 0.1) is 39.4 Å². The van der Waals surface area contributed by atoms with Gasteiger partial charge in [-0.25, -0.2) is 0 Å². The Kier molecular flexibility index (Phi) is 13.3. The van der Waals surface area contributed by atoms with E-state index in [2.05, 4.69) is 19.9 Å². The van der Waals surface area contributed by atoms with Crippen molar-refractivity contribution in [1.82, 2.24) is 0 Å². The lowest BCUT2D eigenvalue weighted by molar-refractivity contribution is -0.384. The number of fused-ring (bicyclic) bond motifs is 5. The molecule has 19 nitrogen and oxygen atoms in total. The van der Waals surface area contributed by atoms with E-state index in [1.807, 2.05) is 20.8 Å². The third-order valence-corrected chi connectivity index (χ3v) is 18.2. The standard InChI is InChI=1S/C47H74O19/c1-19-30(53)32(55)34(57)40(61-19)65-37-33(56)31(54)24(17-48)62-41(37)64-36-23(50)18-60-39(35(36)58)63-28-13-11-21-20(42(28,2)3)10-12-25-44(6)15-22(49)38(45(44,7)16-27(52)46(21,25)8)47(9)26(51)14-29(66-47)43(4,5)59/h10,19,21-25,28-41,48-50,53-59H,11-18H2,1-9H3/t19-,21+,22+,23+,24+,25-,28+,29-,30-,31+,32+,33-,34+,35+,36-,37+,38-,39-,40-,41-,44-,45+,46-,47+/m0/s1. The van der Waals surface area contributed by atoms with Gasteiger partial charge in [-0.05, 0) is 76.0 Å². The van der Waals surface area contributed by atoms with Gasteiger partial charge < -0.3 is 84.2 Å². The van der Waals surface area contributed by atoms with E-state index in [1.54, 1.807) is 20.8 Å². The highest BCUT2D eigenvalue weighted by atomic mass is 16.8. The van der Waals surface area contributed by atoms with E-state index < -0.39 is 150 Å². The minimum absolute atomic E-state index is 0.0141.